The van der Waals surface area contributed by atoms with Gasteiger partial charge in [-0.1, -0.05) is 37.5 Å². The lowest BCUT2D eigenvalue weighted by atomic mass is 9.94. The molecule has 0 saturated heterocycles. The summed E-state index contributed by atoms with van der Waals surface area (Å²) in [5, 5.41) is 10.4. The molecule has 1 aliphatic carbocycles. The molecule has 1 aromatic carbocycles. The summed E-state index contributed by atoms with van der Waals surface area (Å²) >= 11 is 0. The first-order valence-corrected chi connectivity index (χ1v) is 10.4. The predicted octanol–water partition coefficient (Wildman–Crippen LogP) is 3.71. The number of aliphatic hydroxyl groups is 1. The van der Waals surface area contributed by atoms with Crippen LogP contribution in [0.1, 0.15) is 44.6 Å². The van der Waals surface area contributed by atoms with Crippen molar-refractivity contribution >= 4 is 0 Å². The van der Waals surface area contributed by atoms with Gasteiger partial charge in [-0.05, 0) is 51.6 Å². The van der Waals surface area contributed by atoms with E-state index in [1.165, 1.54) is 32.1 Å². The fourth-order valence-corrected chi connectivity index (χ4v) is 4.00. The first kappa shape index (κ1) is 22.7. The highest BCUT2D eigenvalue weighted by atomic mass is 16.5. The van der Waals surface area contributed by atoms with Gasteiger partial charge in [0.1, 0.15) is 12.7 Å². The fraction of sp³-hybridized carbons (Fsp3) is 0.652. The summed E-state index contributed by atoms with van der Waals surface area (Å²) < 4.78 is 11.4. The molecule has 0 unspecified atom stereocenters. The van der Waals surface area contributed by atoms with Crippen LogP contribution in [0.3, 0.4) is 0 Å². The van der Waals surface area contributed by atoms with E-state index in [1.54, 1.807) is 7.11 Å². The highest BCUT2D eigenvalue weighted by Gasteiger charge is 2.20. The average molecular weight is 391 g/mol. The maximum absolute atomic E-state index is 10.4. The largest absolute Gasteiger partial charge is 0.493 e. The van der Waals surface area contributed by atoms with E-state index in [9.17, 15) is 5.11 Å². The number of aliphatic hydroxyl groups excluding tert-OH is 1. The van der Waals surface area contributed by atoms with Crippen LogP contribution in [0.15, 0.2) is 30.4 Å². The van der Waals surface area contributed by atoms with Gasteiger partial charge in [-0.3, -0.25) is 4.90 Å². The predicted molar refractivity (Wildman–Crippen MR) is 115 cm³/mol. The summed E-state index contributed by atoms with van der Waals surface area (Å²) in [6.07, 6.45) is 5.89. The van der Waals surface area contributed by atoms with Gasteiger partial charge in [0.2, 0.25) is 0 Å². The number of hydrogen-bond donors (Lipinski definition) is 1. The van der Waals surface area contributed by atoms with Crippen LogP contribution in [0.25, 0.3) is 0 Å². The monoisotopic (exact) mass is 390 g/mol. The summed E-state index contributed by atoms with van der Waals surface area (Å²) in [6, 6.07) is 6.58. The molecule has 1 aromatic rings. The van der Waals surface area contributed by atoms with Crippen molar-refractivity contribution in [3.05, 3.63) is 35.9 Å². The molecule has 1 atom stereocenters. The molecule has 0 heterocycles. The zero-order valence-corrected chi connectivity index (χ0v) is 18.1. The van der Waals surface area contributed by atoms with Crippen molar-refractivity contribution in [1.82, 2.24) is 9.80 Å². The molecule has 1 saturated carbocycles. The van der Waals surface area contributed by atoms with Crippen LogP contribution in [-0.2, 0) is 6.54 Å². The number of likely N-dealkylation sites (N-methyl/N-ethyl adjacent to an activating group) is 2. The summed E-state index contributed by atoms with van der Waals surface area (Å²) in [4.78, 5) is 4.49. The van der Waals surface area contributed by atoms with Gasteiger partial charge in [-0.25, -0.2) is 0 Å². The van der Waals surface area contributed by atoms with Gasteiger partial charge < -0.3 is 19.5 Å². The maximum Gasteiger partial charge on any atom is 0.161 e. The second-order valence-corrected chi connectivity index (χ2v) is 8.31. The maximum atomic E-state index is 10.4. The van der Waals surface area contributed by atoms with Gasteiger partial charge in [0, 0.05) is 25.7 Å². The van der Waals surface area contributed by atoms with Crippen LogP contribution in [0, 0.1) is 0 Å². The molecule has 1 fully saturated rings. The van der Waals surface area contributed by atoms with Gasteiger partial charge in [0.05, 0.1) is 7.11 Å². The van der Waals surface area contributed by atoms with E-state index in [2.05, 4.69) is 30.5 Å². The third-order valence-electron chi connectivity index (χ3n) is 5.35. The Balaban J connectivity index is 1.85. The highest BCUT2D eigenvalue weighted by molar-refractivity contribution is 5.43. The van der Waals surface area contributed by atoms with Gasteiger partial charge in [-0.15, -0.1) is 0 Å². The summed E-state index contributed by atoms with van der Waals surface area (Å²) in [5.74, 6) is 1.38. The molecule has 5 heteroatoms. The minimum atomic E-state index is -0.516. The van der Waals surface area contributed by atoms with Crippen LogP contribution in [0.2, 0.25) is 0 Å². The molecule has 0 spiro atoms. The molecule has 0 aliphatic heterocycles. The second kappa shape index (κ2) is 11.4. The summed E-state index contributed by atoms with van der Waals surface area (Å²) in [7, 11) is 5.83. The molecule has 0 radical (unpaired) electrons. The second-order valence-electron chi connectivity index (χ2n) is 8.31. The van der Waals surface area contributed by atoms with Crippen LogP contribution < -0.4 is 9.47 Å². The average Bonchev–Trinajstić information content (AvgIpc) is 2.66. The molecule has 1 aliphatic rings. The Kier molecular flexibility index (Phi) is 9.29. The summed E-state index contributed by atoms with van der Waals surface area (Å²) in [6.45, 7) is 8.58. The Hall–Kier alpha value is -1.56. The lowest BCUT2D eigenvalue weighted by Crippen LogP contribution is -2.40. The summed E-state index contributed by atoms with van der Waals surface area (Å²) in [5.41, 5.74) is 2.30. The first-order chi connectivity index (χ1) is 13.4. The minimum absolute atomic E-state index is 0.266. The molecular weight excluding hydrogens is 352 g/mol. The van der Waals surface area contributed by atoms with Crippen molar-refractivity contribution in [2.75, 3.05) is 40.9 Å². The normalized spacial score (nSPS) is 16.4. The molecular formula is C23H38N2O3. The SMILES string of the molecule is C=C(C)CN(C)Cc1ccc(OC[C@@H](O)CN(C)C2CCCCC2)c(OC)c1. The Bertz CT molecular complexity index is 614. The van der Waals surface area contributed by atoms with Crippen LogP contribution in [0.4, 0.5) is 0 Å². The van der Waals surface area contributed by atoms with Crippen molar-refractivity contribution in [1.29, 1.82) is 0 Å². The van der Waals surface area contributed by atoms with E-state index < -0.39 is 6.10 Å². The van der Waals surface area contributed by atoms with E-state index in [4.69, 9.17) is 9.47 Å². The molecule has 5 nitrogen and oxygen atoms in total. The zero-order chi connectivity index (χ0) is 20.5. The first-order valence-electron chi connectivity index (χ1n) is 10.4. The molecule has 28 heavy (non-hydrogen) atoms. The zero-order valence-electron chi connectivity index (χ0n) is 18.1. The number of ether oxygens (including phenoxy) is 2. The van der Waals surface area contributed by atoms with Crippen molar-refractivity contribution < 1.29 is 14.6 Å². The van der Waals surface area contributed by atoms with Gasteiger partial charge in [0.25, 0.3) is 0 Å². The molecule has 0 amide bonds. The third-order valence-corrected chi connectivity index (χ3v) is 5.35. The Morgan fingerprint density at radius 3 is 2.57 bits per heavy atom. The van der Waals surface area contributed by atoms with Gasteiger partial charge in [0.15, 0.2) is 11.5 Å². The Morgan fingerprint density at radius 1 is 1.21 bits per heavy atom. The van der Waals surface area contributed by atoms with Crippen molar-refractivity contribution in [2.45, 2.75) is 57.7 Å². The smallest absolute Gasteiger partial charge is 0.161 e. The number of methoxy groups -OCH3 is 1. The van der Waals surface area contributed by atoms with Crippen molar-refractivity contribution in [2.24, 2.45) is 0 Å². The number of benzene rings is 1. The van der Waals surface area contributed by atoms with Crippen LogP contribution >= 0.6 is 0 Å². The van der Waals surface area contributed by atoms with E-state index >= 15 is 0 Å². The van der Waals surface area contributed by atoms with Gasteiger partial charge >= 0.3 is 0 Å². The molecule has 1 N–H and O–H groups in total. The van der Waals surface area contributed by atoms with E-state index in [-0.39, 0.29) is 6.61 Å². The van der Waals surface area contributed by atoms with Gasteiger partial charge in [-0.2, -0.15) is 0 Å². The van der Waals surface area contributed by atoms with Crippen LogP contribution in [-0.4, -0.2) is 68.0 Å². The van der Waals surface area contributed by atoms with E-state index in [1.807, 2.05) is 25.1 Å². The topological polar surface area (TPSA) is 45.2 Å². The lowest BCUT2D eigenvalue weighted by molar-refractivity contribution is 0.0553. The molecule has 0 bridgehead atoms. The standard InChI is InChI=1S/C23H38N2O3/c1-18(2)14-24(3)15-19-11-12-22(23(13-19)27-5)28-17-21(26)16-25(4)20-9-7-6-8-10-20/h11-13,20-21,26H,1,6-10,14-17H2,2-5H3/t21-/m0/s1. The quantitative estimate of drug-likeness (QED) is 0.584. The fourth-order valence-electron chi connectivity index (χ4n) is 4.00. The number of nitrogens with zero attached hydrogens (tertiary/aromatic N) is 2. The van der Waals surface area contributed by atoms with E-state index in [0.717, 1.165) is 24.2 Å². The highest BCUT2D eigenvalue weighted by Crippen LogP contribution is 2.29. The molecule has 2 rings (SSSR count). The third kappa shape index (κ3) is 7.46. The minimum Gasteiger partial charge on any atom is -0.493 e. The van der Waals surface area contributed by atoms with Crippen LogP contribution in [0.5, 0.6) is 11.5 Å². The Labute approximate surface area is 170 Å². The molecule has 158 valence electrons. The molecule has 0 aromatic heterocycles. The number of rotatable bonds is 11. The van der Waals surface area contributed by atoms with Crippen molar-refractivity contribution in [3.8, 4) is 11.5 Å². The Morgan fingerprint density at radius 2 is 1.93 bits per heavy atom. The van der Waals surface area contributed by atoms with E-state index in [0.29, 0.717) is 24.1 Å². The van der Waals surface area contributed by atoms with Crippen molar-refractivity contribution in [3.63, 3.8) is 0 Å². The lowest BCUT2D eigenvalue weighted by Gasteiger charge is -2.32. The number of hydrogen-bond acceptors (Lipinski definition) is 5.